The smallest absolute Gasteiger partial charge is 0.227 e. The lowest BCUT2D eigenvalue weighted by Gasteiger charge is -2.17. The molecule has 1 fully saturated rings. The van der Waals surface area contributed by atoms with E-state index in [2.05, 4.69) is 52.9 Å². The van der Waals surface area contributed by atoms with Crippen LogP contribution in [0, 0.1) is 3.57 Å². The average Bonchev–Trinajstić information content (AvgIpc) is 3.23. The van der Waals surface area contributed by atoms with E-state index >= 15 is 0 Å². The number of fused-ring (bicyclic) bond motifs is 1. The van der Waals surface area contributed by atoms with Gasteiger partial charge in [0.25, 0.3) is 0 Å². The van der Waals surface area contributed by atoms with Crippen molar-refractivity contribution in [3.63, 3.8) is 0 Å². The molecule has 1 amide bonds. The molecule has 1 aliphatic rings. The third kappa shape index (κ3) is 2.76. The van der Waals surface area contributed by atoms with E-state index in [9.17, 15) is 4.79 Å². The number of benzene rings is 2. The third-order valence-corrected chi connectivity index (χ3v) is 4.44. The van der Waals surface area contributed by atoms with Crippen molar-refractivity contribution in [3.8, 4) is 0 Å². The molecule has 0 aromatic heterocycles. The average molecular weight is 365 g/mol. The molecule has 0 saturated heterocycles. The zero-order valence-electron chi connectivity index (χ0n) is 10.9. The molecule has 3 rings (SSSR count). The summed E-state index contributed by atoms with van der Waals surface area (Å²) in [6.45, 7) is 0. The second kappa shape index (κ2) is 5.12. The maximum atomic E-state index is 12.2. The van der Waals surface area contributed by atoms with Crippen LogP contribution in [0.25, 0.3) is 10.8 Å². The van der Waals surface area contributed by atoms with Gasteiger partial charge in [0.15, 0.2) is 0 Å². The molecule has 0 bridgehead atoms. The van der Waals surface area contributed by atoms with Crippen molar-refractivity contribution in [1.82, 2.24) is 4.90 Å². The lowest BCUT2D eigenvalue weighted by atomic mass is 10.0. The van der Waals surface area contributed by atoms with Gasteiger partial charge in [-0.1, -0.05) is 24.3 Å². The van der Waals surface area contributed by atoms with Crippen LogP contribution < -0.4 is 0 Å². The molecule has 0 radical (unpaired) electrons. The third-order valence-electron chi connectivity index (χ3n) is 3.76. The van der Waals surface area contributed by atoms with Gasteiger partial charge in [0, 0.05) is 16.7 Å². The highest BCUT2D eigenvalue weighted by atomic mass is 127. The molecule has 2 aromatic rings. The van der Waals surface area contributed by atoms with E-state index in [-0.39, 0.29) is 5.91 Å². The first kappa shape index (κ1) is 12.9. The lowest BCUT2D eigenvalue weighted by molar-refractivity contribution is -0.129. The van der Waals surface area contributed by atoms with Crippen LogP contribution in [-0.4, -0.2) is 23.9 Å². The van der Waals surface area contributed by atoms with Crippen LogP contribution in [0.3, 0.4) is 0 Å². The molecule has 19 heavy (non-hydrogen) atoms. The first-order valence-electron chi connectivity index (χ1n) is 6.58. The van der Waals surface area contributed by atoms with Gasteiger partial charge in [0.2, 0.25) is 5.91 Å². The van der Waals surface area contributed by atoms with Crippen molar-refractivity contribution in [2.75, 3.05) is 7.05 Å². The first-order valence-corrected chi connectivity index (χ1v) is 7.66. The summed E-state index contributed by atoms with van der Waals surface area (Å²) in [7, 11) is 1.93. The topological polar surface area (TPSA) is 20.3 Å². The van der Waals surface area contributed by atoms with E-state index in [1.165, 1.54) is 14.3 Å². The van der Waals surface area contributed by atoms with E-state index < -0.39 is 0 Å². The number of hydrogen-bond donors (Lipinski definition) is 0. The predicted octanol–water partition coefficient (Wildman–Crippen LogP) is 3.61. The van der Waals surface area contributed by atoms with Gasteiger partial charge < -0.3 is 4.90 Å². The summed E-state index contributed by atoms with van der Waals surface area (Å²) in [5, 5.41) is 2.41. The highest BCUT2D eigenvalue weighted by Gasteiger charge is 2.29. The molecule has 0 unspecified atom stereocenters. The Hall–Kier alpha value is -1.10. The number of nitrogens with zero attached hydrogens (tertiary/aromatic N) is 1. The summed E-state index contributed by atoms with van der Waals surface area (Å²) in [5.74, 6) is 0.230. The minimum Gasteiger partial charge on any atom is -0.342 e. The zero-order chi connectivity index (χ0) is 13.4. The second-order valence-electron chi connectivity index (χ2n) is 5.20. The van der Waals surface area contributed by atoms with Gasteiger partial charge in [0.05, 0.1) is 6.42 Å². The zero-order valence-corrected chi connectivity index (χ0v) is 13.1. The van der Waals surface area contributed by atoms with E-state index in [0.717, 1.165) is 18.4 Å². The Morgan fingerprint density at radius 3 is 2.84 bits per heavy atom. The van der Waals surface area contributed by atoms with Gasteiger partial charge in [-0.2, -0.15) is 0 Å². The Labute approximate surface area is 126 Å². The van der Waals surface area contributed by atoms with Crippen molar-refractivity contribution in [1.29, 1.82) is 0 Å². The maximum absolute atomic E-state index is 12.2. The molecule has 2 nitrogen and oxygen atoms in total. The van der Waals surface area contributed by atoms with Gasteiger partial charge >= 0.3 is 0 Å². The van der Waals surface area contributed by atoms with Crippen LogP contribution in [0.1, 0.15) is 18.4 Å². The summed E-state index contributed by atoms with van der Waals surface area (Å²) >= 11 is 2.32. The Balaban J connectivity index is 1.91. The SMILES string of the molecule is CN(C(=O)Cc1cccc2ccc(I)cc12)C1CC1. The molecule has 0 N–H and O–H groups in total. The number of amides is 1. The molecular weight excluding hydrogens is 349 g/mol. The molecule has 3 heteroatoms. The van der Waals surface area contributed by atoms with Gasteiger partial charge in [-0.05, 0) is 63.9 Å². The van der Waals surface area contributed by atoms with Crippen LogP contribution in [-0.2, 0) is 11.2 Å². The van der Waals surface area contributed by atoms with Crippen molar-refractivity contribution in [3.05, 3.63) is 45.5 Å². The minimum absolute atomic E-state index is 0.230. The maximum Gasteiger partial charge on any atom is 0.227 e. The van der Waals surface area contributed by atoms with Crippen LogP contribution in [0.2, 0.25) is 0 Å². The van der Waals surface area contributed by atoms with Crippen LogP contribution in [0.5, 0.6) is 0 Å². The van der Waals surface area contributed by atoms with Gasteiger partial charge in [-0.25, -0.2) is 0 Å². The molecule has 0 aliphatic heterocycles. The molecule has 1 aliphatic carbocycles. The molecule has 0 atom stereocenters. The second-order valence-corrected chi connectivity index (χ2v) is 6.44. The molecule has 98 valence electrons. The Bertz CT molecular complexity index is 634. The van der Waals surface area contributed by atoms with E-state index in [1.54, 1.807) is 0 Å². The molecule has 2 aromatic carbocycles. The normalized spacial score (nSPS) is 14.6. The largest absolute Gasteiger partial charge is 0.342 e. The Morgan fingerprint density at radius 1 is 1.32 bits per heavy atom. The molecule has 1 saturated carbocycles. The molecule has 0 spiro atoms. The first-order chi connectivity index (χ1) is 9.15. The Morgan fingerprint density at radius 2 is 2.11 bits per heavy atom. The number of likely N-dealkylation sites (N-methyl/N-ethyl adjacent to an activating group) is 1. The van der Waals surface area contributed by atoms with Crippen molar-refractivity contribution in [2.24, 2.45) is 0 Å². The summed E-state index contributed by atoms with van der Waals surface area (Å²) in [6.07, 6.45) is 2.83. The van der Waals surface area contributed by atoms with Gasteiger partial charge in [0.1, 0.15) is 0 Å². The summed E-state index contributed by atoms with van der Waals surface area (Å²) < 4.78 is 1.21. The highest BCUT2D eigenvalue weighted by Crippen LogP contribution is 2.27. The predicted molar refractivity (Wildman–Crippen MR) is 86.2 cm³/mol. The fourth-order valence-electron chi connectivity index (χ4n) is 2.42. The van der Waals surface area contributed by atoms with Crippen LogP contribution in [0.15, 0.2) is 36.4 Å². The van der Waals surface area contributed by atoms with E-state index in [0.29, 0.717) is 12.5 Å². The van der Waals surface area contributed by atoms with Gasteiger partial charge in [-0.3, -0.25) is 4.79 Å². The van der Waals surface area contributed by atoms with Crippen LogP contribution in [0.4, 0.5) is 0 Å². The number of rotatable bonds is 3. The van der Waals surface area contributed by atoms with Crippen LogP contribution >= 0.6 is 22.6 Å². The highest BCUT2D eigenvalue weighted by molar-refractivity contribution is 14.1. The fourth-order valence-corrected chi connectivity index (χ4v) is 2.91. The summed E-state index contributed by atoms with van der Waals surface area (Å²) in [5.41, 5.74) is 1.13. The van der Waals surface area contributed by atoms with Crippen molar-refractivity contribution >= 4 is 39.3 Å². The van der Waals surface area contributed by atoms with Crippen molar-refractivity contribution in [2.45, 2.75) is 25.3 Å². The van der Waals surface area contributed by atoms with E-state index in [1.807, 2.05) is 18.0 Å². The minimum atomic E-state index is 0.230. The number of carbonyl (C=O) groups excluding carboxylic acids is 1. The number of halogens is 1. The molecule has 0 heterocycles. The monoisotopic (exact) mass is 365 g/mol. The van der Waals surface area contributed by atoms with E-state index in [4.69, 9.17) is 0 Å². The van der Waals surface area contributed by atoms with Crippen molar-refractivity contribution < 1.29 is 4.79 Å². The summed E-state index contributed by atoms with van der Waals surface area (Å²) in [4.78, 5) is 14.2. The fraction of sp³-hybridized carbons (Fsp3) is 0.312. The molecular formula is C16H16INO. The standard InChI is InChI=1S/C16H16INO/c1-18(14-7-8-14)16(19)9-12-4-2-3-11-5-6-13(17)10-15(11)12/h2-6,10,14H,7-9H2,1H3. The number of hydrogen-bond acceptors (Lipinski definition) is 1. The van der Waals surface area contributed by atoms with Gasteiger partial charge in [-0.15, -0.1) is 0 Å². The summed E-state index contributed by atoms with van der Waals surface area (Å²) in [6, 6.07) is 13.1. The number of carbonyl (C=O) groups is 1. The lowest BCUT2D eigenvalue weighted by Crippen LogP contribution is -2.30. The Kier molecular flexibility index (Phi) is 3.48. The quantitative estimate of drug-likeness (QED) is 0.761.